The first-order valence-corrected chi connectivity index (χ1v) is 13.4. The molecule has 4 aromatic carbocycles. The zero-order valence-corrected chi connectivity index (χ0v) is 23.1. The summed E-state index contributed by atoms with van der Waals surface area (Å²) in [7, 11) is 1.41. The van der Waals surface area contributed by atoms with E-state index in [-0.39, 0.29) is 22.9 Å². The number of nitrogens with zero attached hydrogens (tertiary/aromatic N) is 3. The van der Waals surface area contributed by atoms with Gasteiger partial charge >= 0.3 is 5.97 Å². The number of anilines is 2. The minimum absolute atomic E-state index is 0.146. The largest absolute Gasteiger partial charge is 0.493 e. The zero-order chi connectivity index (χ0) is 30.2. The van der Waals surface area contributed by atoms with Crippen LogP contribution in [0.4, 0.5) is 17.1 Å². The lowest BCUT2D eigenvalue weighted by molar-refractivity contribution is -0.384. The molecule has 216 valence electrons. The predicted molar refractivity (Wildman–Crippen MR) is 155 cm³/mol. The number of methoxy groups -OCH3 is 1. The highest BCUT2D eigenvalue weighted by atomic mass is 16.7. The van der Waals surface area contributed by atoms with Crippen LogP contribution in [0.2, 0.25) is 0 Å². The summed E-state index contributed by atoms with van der Waals surface area (Å²) < 4.78 is 11.1. The van der Waals surface area contributed by atoms with Gasteiger partial charge in [0.25, 0.3) is 11.6 Å². The van der Waals surface area contributed by atoms with Crippen molar-refractivity contribution in [3.05, 3.63) is 124 Å². The molecule has 43 heavy (non-hydrogen) atoms. The van der Waals surface area contributed by atoms with E-state index in [1.807, 2.05) is 6.07 Å². The van der Waals surface area contributed by atoms with E-state index in [1.165, 1.54) is 36.4 Å². The van der Waals surface area contributed by atoms with Crippen molar-refractivity contribution in [1.82, 2.24) is 0 Å². The Balaban J connectivity index is 1.42. The van der Waals surface area contributed by atoms with Gasteiger partial charge in [-0.15, -0.1) is 0 Å². The van der Waals surface area contributed by atoms with Gasteiger partial charge < -0.3 is 9.47 Å². The second kappa shape index (κ2) is 11.0. The standard InChI is InChI=1S/C32H25N3O8/c1-19-9-6-7-14-24(19)33-30(36)27-28(34(43-29(27)31(33)37)22-12-8-13-23(18-22)35(39)40)21-15-16-25(26(17-21)41-2)42-32(38)20-10-4-3-5-11-20/h3-18,27-29H,1-2H3/t27-,28+,29+/m0/s1. The van der Waals surface area contributed by atoms with Crippen LogP contribution in [0.3, 0.4) is 0 Å². The molecule has 0 radical (unpaired) electrons. The number of benzene rings is 4. The third-order valence-electron chi connectivity index (χ3n) is 7.51. The summed E-state index contributed by atoms with van der Waals surface area (Å²) >= 11 is 0. The van der Waals surface area contributed by atoms with E-state index in [4.69, 9.17) is 14.3 Å². The van der Waals surface area contributed by atoms with Crippen LogP contribution in [0.25, 0.3) is 0 Å². The van der Waals surface area contributed by atoms with E-state index >= 15 is 0 Å². The summed E-state index contributed by atoms with van der Waals surface area (Å²) in [6.07, 6.45) is -1.18. The van der Waals surface area contributed by atoms with E-state index in [2.05, 4.69) is 0 Å². The van der Waals surface area contributed by atoms with Crippen LogP contribution in [0.15, 0.2) is 97.1 Å². The quantitative estimate of drug-likeness (QED) is 0.0956. The number of hydrogen-bond acceptors (Lipinski definition) is 9. The third kappa shape index (κ3) is 4.85. The highest BCUT2D eigenvalue weighted by Gasteiger charge is 2.60. The number of hydrogen-bond donors (Lipinski definition) is 0. The first-order chi connectivity index (χ1) is 20.8. The van der Waals surface area contributed by atoms with Gasteiger partial charge in [0, 0.05) is 12.1 Å². The molecule has 4 aromatic rings. The Kier molecular flexibility index (Phi) is 7.08. The number of fused-ring (bicyclic) bond motifs is 1. The van der Waals surface area contributed by atoms with Crippen LogP contribution in [0.5, 0.6) is 11.5 Å². The van der Waals surface area contributed by atoms with Gasteiger partial charge in [0.15, 0.2) is 17.6 Å². The van der Waals surface area contributed by atoms with Crippen LogP contribution >= 0.6 is 0 Å². The van der Waals surface area contributed by atoms with Crippen molar-refractivity contribution >= 4 is 34.8 Å². The summed E-state index contributed by atoms with van der Waals surface area (Å²) in [6, 6.07) is 25.2. The Hall–Kier alpha value is -5.55. The zero-order valence-electron chi connectivity index (χ0n) is 23.1. The highest BCUT2D eigenvalue weighted by molar-refractivity contribution is 6.24. The first kappa shape index (κ1) is 27.6. The lowest BCUT2D eigenvalue weighted by Crippen LogP contribution is -2.37. The van der Waals surface area contributed by atoms with E-state index < -0.39 is 40.8 Å². The molecule has 2 aliphatic heterocycles. The minimum Gasteiger partial charge on any atom is -0.493 e. The van der Waals surface area contributed by atoms with E-state index in [9.17, 15) is 24.5 Å². The van der Waals surface area contributed by atoms with Crippen molar-refractivity contribution in [2.45, 2.75) is 19.1 Å². The Morgan fingerprint density at radius 3 is 2.35 bits per heavy atom. The summed E-state index contributed by atoms with van der Waals surface area (Å²) in [5.74, 6) is -2.23. The number of esters is 1. The number of nitro benzene ring substituents is 1. The molecule has 2 saturated heterocycles. The molecule has 0 N–H and O–H groups in total. The Labute approximate surface area is 245 Å². The average molecular weight is 580 g/mol. The van der Waals surface area contributed by atoms with Gasteiger partial charge in [0.1, 0.15) is 5.92 Å². The minimum atomic E-state index is -1.18. The Bertz CT molecular complexity index is 1760. The van der Waals surface area contributed by atoms with Crippen molar-refractivity contribution in [2.24, 2.45) is 5.92 Å². The number of rotatable bonds is 7. The SMILES string of the molecule is COc1cc([C@@H]2[C@@H]3C(=O)N(c4ccccc4C)C(=O)[C@@H]3ON2c2cccc([N+](=O)[O-])c2)ccc1OC(=O)c1ccccc1. The van der Waals surface area contributed by atoms with E-state index in [1.54, 1.807) is 73.7 Å². The maximum absolute atomic E-state index is 14.0. The molecular formula is C32H25N3O8. The lowest BCUT2D eigenvalue weighted by Gasteiger charge is -2.29. The fourth-order valence-corrected chi connectivity index (χ4v) is 5.46. The lowest BCUT2D eigenvalue weighted by atomic mass is 9.90. The van der Waals surface area contributed by atoms with Gasteiger partial charge in [0.2, 0.25) is 5.91 Å². The number of aryl methyl sites for hydroxylation is 1. The summed E-state index contributed by atoms with van der Waals surface area (Å²) in [5.41, 5.74) is 2.15. The number of nitro groups is 1. The second-order valence-electron chi connectivity index (χ2n) is 10.1. The van der Waals surface area contributed by atoms with Gasteiger partial charge in [-0.05, 0) is 54.4 Å². The van der Waals surface area contributed by atoms with Crippen molar-refractivity contribution in [3.8, 4) is 11.5 Å². The van der Waals surface area contributed by atoms with Crippen molar-refractivity contribution < 1.29 is 33.6 Å². The van der Waals surface area contributed by atoms with E-state index in [0.717, 1.165) is 10.5 Å². The van der Waals surface area contributed by atoms with Crippen molar-refractivity contribution in [2.75, 3.05) is 17.1 Å². The van der Waals surface area contributed by atoms with Crippen LogP contribution in [-0.2, 0) is 14.4 Å². The number of ether oxygens (including phenoxy) is 2. The molecule has 2 aliphatic rings. The van der Waals surface area contributed by atoms with Gasteiger partial charge in [-0.2, -0.15) is 0 Å². The summed E-state index contributed by atoms with van der Waals surface area (Å²) in [6.45, 7) is 1.80. The summed E-state index contributed by atoms with van der Waals surface area (Å²) in [5, 5.41) is 12.9. The van der Waals surface area contributed by atoms with Crippen molar-refractivity contribution in [3.63, 3.8) is 0 Å². The monoisotopic (exact) mass is 579 g/mol. The molecular weight excluding hydrogens is 554 g/mol. The third-order valence-corrected chi connectivity index (χ3v) is 7.51. The van der Waals surface area contributed by atoms with Crippen molar-refractivity contribution in [1.29, 1.82) is 0 Å². The topological polar surface area (TPSA) is 129 Å². The molecule has 11 nitrogen and oxygen atoms in total. The fourth-order valence-electron chi connectivity index (χ4n) is 5.46. The first-order valence-electron chi connectivity index (χ1n) is 13.4. The average Bonchev–Trinajstić information content (AvgIpc) is 3.53. The van der Waals surface area contributed by atoms with Crippen LogP contribution < -0.4 is 19.4 Å². The molecule has 6 rings (SSSR count). The van der Waals surface area contributed by atoms with Gasteiger partial charge in [-0.25, -0.2) is 14.8 Å². The molecule has 11 heteroatoms. The highest BCUT2D eigenvalue weighted by Crippen LogP contribution is 2.49. The van der Waals surface area contributed by atoms with Gasteiger partial charge in [-0.3, -0.25) is 24.5 Å². The maximum atomic E-state index is 14.0. The predicted octanol–water partition coefficient (Wildman–Crippen LogP) is 5.18. The maximum Gasteiger partial charge on any atom is 0.343 e. The molecule has 2 amide bonds. The van der Waals surface area contributed by atoms with Crippen LogP contribution in [0.1, 0.15) is 27.5 Å². The number of carbonyl (C=O) groups excluding carboxylic acids is 3. The van der Waals surface area contributed by atoms with Crippen LogP contribution in [0, 0.1) is 23.0 Å². The molecule has 2 heterocycles. The molecule has 0 unspecified atom stereocenters. The normalized spacial score (nSPS) is 19.3. The molecule has 0 bridgehead atoms. The molecule has 0 spiro atoms. The Morgan fingerprint density at radius 1 is 0.884 bits per heavy atom. The number of hydroxylamine groups is 1. The smallest absolute Gasteiger partial charge is 0.343 e. The van der Waals surface area contributed by atoms with Gasteiger partial charge in [-0.1, -0.05) is 48.5 Å². The number of imide groups is 1. The number of para-hydroxylation sites is 1. The number of carbonyl (C=O) groups is 3. The molecule has 0 saturated carbocycles. The molecule has 2 fully saturated rings. The number of non-ortho nitro benzene ring substituents is 1. The fraction of sp³-hybridized carbons (Fsp3) is 0.156. The summed E-state index contributed by atoms with van der Waals surface area (Å²) in [4.78, 5) is 58.7. The second-order valence-corrected chi connectivity index (χ2v) is 10.1. The Morgan fingerprint density at radius 2 is 1.63 bits per heavy atom. The van der Waals surface area contributed by atoms with E-state index in [0.29, 0.717) is 16.8 Å². The molecule has 0 aromatic heterocycles. The van der Waals surface area contributed by atoms with Crippen LogP contribution in [-0.4, -0.2) is 35.9 Å². The number of amides is 2. The molecule has 0 aliphatic carbocycles. The van der Waals surface area contributed by atoms with Gasteiger partial charge in [0.05, 0.1) is 35.0 Å². The molecule has 3 atom stereocenters.